The number of rotatable bonds is 0. The molecule has 0 unspecified atom stereocenters. The highest BCUT2D eigenvalue weighted by atomic mass is 28.3. The van der Waals surface area contributed by atoms with Gasteiger partial charge in [-0.05, 0) is 12.1 Å². The van der Waals surface area contributed by atoms with Crippen LogP contribution in [0, 0.1) is 0 Å². The summed E-state index contributed by atoms with van der Waals surface area (Å²) < 4.78 is 0. The number of hydrogen-bond donors (Lipinski definition) is 0. The Kier molecular flexibility index (Phi) is 9.48. The number of hydrogen-bond acceptors (Lipinski definition) is 0. The van der Waals surface area contributed by atoms with Gasteiger partial charge < -0.3 is 0 Å². The summed E-state index contributed by atoms with van der Waals surface area (Å²) in [6.07, 6.45) is 8.87. The van der Waals surface area contributed by atoms with Crippen molar-refractivity contribution in [3.05, 3.63) is 35.7 Å². The molecule has 0 N–H and O–H groups in total. The first-order chi connectivity index (χ1) is 6.39. The van der Waals surface area contributed by atoms with Crippen LogP contribution >= 0.6 is 0 Å². The molecule has 0 nitrogen and oxygen atoms in total. The fraction of sp³-hybridized carbons (Fsp3) is 0.455. The maximum Gasteiger partial charge on any atom is 0.0822 e. The zero-order valence-corrected chi connectivity index (χ0v) is 11.7. The van der Waals surface area contributed by atoms with Crippen molar-refractivity contribution >= 4 is 18.3 Å². The Balaban J connectivity index is 0.000000189. The van der Waals surface area contributed by atoms with Gasteiger partial charge in [-0.15, -0.1) is 0 Å². The van der Waals surface area contributed by atoms with Crippen molar-refractivity contribution in [1.82, 2.24) is 0 Å². The third-order valence-corrected chi connectivity index (χ3v) is 4.99. The van der Waals surface area contributed by atoms with Crippen LogP contribution in [-0.2, 0) is 0 Å². The molecule has 13 heavy (non-hydrogen) atoms. The third-order valence-electron chi connectivity index (χ3n) is 1.85. The summed E-state index contributed by atoms with van der Waals surface area (Å²) >= 11 is 0. The summed E-state index contributed by atoms with van der Waals surface area (Å²) in [6, 6.07) is 2.92. The van der Waals surface area contributed by atoms with Crippen LogP contribution in [0.1, 0.15) is 13.8 Å². The average Bonchev–Trinajstić information content (AvgIpc) is 2.81. The predicted octanol–water partition coefficient (Wildman–Crippen LogP) is 2.64. The van der Waals surface area contributed by atoms with Gasteiger partial charge in [0.05, 0.1) is 8.80 Å². The van der Waals surface area contributed by atoms with Crippen molar-refractivity contribution in [1.29, 1.82) is 0 Å². The highest BCUT2D eigenvalue weighted by Crippen LogP contribution is 1.97. The van der Waals surface area contributed by atoms with Crippen LogP contribution in [0.4, 0.5) is 0 Å². The van der Waals surface area contributed by atoms with Gasteiger partial charge in [0.1, 0.15) is 0 Å². The van der Waals surface area contributed by atoms with Gasteiger partial charge in [0.2, 0.25) is 0 Å². The van der Waals surface area contributed by atoms with E-state index in [-0.39, 0.29) is 0 Å². The quantitative estimate of drug-likeness (QED) is 0.426. The smallest absolute Gasteiger partial charge is 0.0822 e. The zero-order chi connectivity index (χ0) is 9.94. The van der Waals surface area contributed by atoms with Gasteiger partial charge in [-0.1, -0.05) is 56.1 Å². The molecule has 0 atom stereocenters. The molecule has 0 radical (unpaired) electrons. The van der Waals surface area contributed by atoms with Crippen LogP contribution in [0.5, 0.6) is 0 Å². The normalized spacial score (nSPS) is 17.8. The molecule has 0 spiro atoms. The van der Waals surface area contributed by atoms with Gasteiger partial charge in [-0.3, -0.25) is 0 Å². The first-order valence-electron chi connectivity index (χ1n) is 5.39. The van der Waals surface area contributed by atoms with E-state index < -0.39 is 8.80 Å². The van der Waals surface area contributed by atoms with E-state index in [0.717, 1.165) is 0 Å². The minimum atomic E-state index is -0.410. The molecule has 0 fully saturated rings. The van der Waals surface area contributed by atoms with Crippen molar-refractivity contribution in [2.75, 3.05) is 0 Å². The van der Waals surface area contributed by atoms with E-state index in [1.165, 1.54) is 12.1 Å². The molecule has 0 amide bonds. The lowest BCUT2D eigenvalue weighted by molar-refractivity contribution is 1.50. The SMILES string of the molecule is C1=CC[SiH2]C1.CC.C[SiH]1C=CC=C1. The Morgan fingerprint density at radius 3 is 1.62 bits per heavy atom. The minimum Gasteiger partial charge on any atom is -0.0938 e. The Morgan fingerprint density at radius 2 is 1.46 bits per heavy atom. The van der Waals surface area contributed by atoms with Crippen LogP contribution in [0.25, 0.3) is 0 Å². The van der Waals surface area contributed by atoms with Gasteiger partial charge in [0, 0.05) is 9.52 Å². The van der Waals surface area contributed by atoms with E-state index in [0.29, 0.717) is 9.52 Å². The second-order valence-corrected chi connectivity index (χ2v) is 7.38. The molecular weight excluding hydrogens is 188 g/mol. The Bertz CT molecular complexity index is 163. The van der Waals surface area contributed by atoms with Crippen molar-refractivity contribution < 1.29 is 0 Å². The molecule has 2 heterocycles. The van der Waals surface area contributed by atoms with E-state index in [1.54, 1.807) is 0 Å². The predicted molar refractivity (Wildman–Crippen MR) is 69.9 cm³/mol. The van der Waals surface area contributed by atoms with Crippen LogP contribution in [-0.4, -0.2) is 18.3 Å². The highest BCUT2D eigenvalue weighted by molar-refractivity contribution is 6.69. The summed E-state index contributed by atoms with van der Waals surface area (Å²) in [4.78, 5) is 0. The maximum atomic E-state index is 2.31. The molecule has 0 saturated carbocycles. The molecule has 74 valence electrons. The summed E-state index contributed by atoms with van der Waals surface area (Å²) in [5.74, 6) is 0. The minimum absolute atomic E-state index is 0.410. The summed E-state index contributed by atoms with van der Waals surface area (Å²) in [5.41, 5.74) is 4.61. The fourth-order valence-corrected chi connectivity index (χ4v) is 3.40. The van der Waals surface area contributed by atoms with Crippen LogP contribution < -0.4 is 0 Å². The first-order valence-corrected chi connectivity index (χ1v) is 9.88. The molecule has 2 heteroatoms. The molecule has 2 aliphatic rings. The summed E-state index contributed by atoms with van der Waals surface area (Å²) in [5, 5.41) is 0. The largest absolute Gasteiger partial charge is 0.0938 e. The monoisotopic (exact) mass is 210 g/mol. The second kappa shape index (κ2) is 9.74. The standard InChI is InChI=1S/C5H8Si.C4H8Si.C2H6/c1-6-4-2-3-5-6;1-2-4-5-3-1;1-2/h2-6H,1H3;1-2H,3-5H2;1-2H3. The zero-order valence-electron chi connectivity index (χ0n) is 9.16. The van der Waals surface area contributed by atoms with E-state index in [1.807, 2.05) is 13.8 Å². The lowest BCUT2D eigenvalue weighted by Crippen LogP contribution is -1.91. The summed E-state index contributed by atoms with van der Waals surface area (Å²) in [7, 11) is 0.0216. The lowest BCUT2D eigenvalue weighted by Gasteiger charge is -1.80. The third kappa shape index (κ3) is 8.00. The average molecular weight is 210 g/mol. The van der Waals surface area contributed by atoms with Crippen molar-refractivity contribution in [2.24, 2.45) is 0 Å². The molecule has 0 aliphatic carbocycles. The highest BCUT2D eigenvalue weighted by Gasteiger charge is 1.92. The Morgan fingerprint density at radius 1 is 1.00 bits per heavy atom. The topological polar surface area (TPSA) is 0 Å². The van der Waals surface area contributed by atoms with E-state index in [2.05, 4.69) is 42.2 Å². The molecule has 0 aromatic heterocycles. The van der Waals surface area contributed by atoms with Crippen molar-refractivity contribution in [3.8, 4) is 0 Å². The van der Waals surface area contributed by atoms with E-state index in [9.17, 15) is 0 Å². The molecule has 0 saturated heterocycles. The molecule has 0 bridgehead atoms. The van der Waals surface area contributed by atoms with Gasteiger partial charge >= 0.3 is 0 Å². The second-order valence-electron chi connectivity index (χ2n) is 3.03. The molecule has 2 aliphatic heterocycles. The molecule has 0 aromatic carbocycles. The molecule has 2 rings (SSSR count). The molecule has 0 aromatic rings. The molecular formula is C11H22Si2. The van der Waals surface area contributed by atoms with Crippen LogP contribution in [0.2, 0.25) is 18.6 Å². The lowest BCUT2D eigenvalue weighted by atomic mass is 10.6. The maximum absolute atomic E-state index is 2.31. The van der Waals surface area contributed by atoms with Crippen LogP contribution in [0.15, 0.2) is 35.7 Å². The van der Waals surface area contributed by atoms with Gasteiger partial charge in [0.15, 0.2) is 0 Å². The Labute approximate surface area is 86.9 Å². The fourth-order valence-electron chi connectivity index (χ4n) is 1.13. The van der Waals surface area contributed by atoms with Crippen LogP contribution in [0.3, 0.4) is 0 Å². The van der Waals surface area contributed by atoms with Gasteiger partial charge in [-0.2, -0.15) is 0 Å². The Hall–Kier alpha value is -0.346. The number of allylic oxidation sites excluding steroid dienone is 4. The van der Waals surface area contributed by atoms with E-state index in [4.69, 9.17) is 0 Å². The first kappa shape index (κ1) is 12.7. The summed E-state index contributed by atoms with van der Waals surface area (Å²) in [6.45, 7) is 6.31. The van der Waals surface area contributed by atoms with Crippen molar-refractivity contribution in [2.45, 2.75) is 32.5 Å². The van der Waals surface area contributed by atoms with Crippen molar-refractivity contribution in [3.63, 3.8) is 0 Å². The van der Waals surface area contributed by atoms with Gasteiger partial charge in [-0.25, -0.2) is 0 Å². The van der Waals surface area contributed by atoms with Gasteiger partial charge in [0.25, 0.3) is 0 Å². The van der Waals surface area contributed by atoms with E-state index >= 15 is 0 Å².